The van der Waals surface area contributed by atoms with Crippen molar-refractivity contribution < 1.29 is 4.39 Å². The predicted octanol–water partition coefficient (Wildman–Crippen LogP) is 8.14. The van der Waals surface area contributed by atoms with E-state index in [1.54, 1.807) is 12.1 Å². The van der Waals surface area contributed by atoms with E-state index in [0.29, 0.717) is 5.92 Å². The predicted molar refractivity (Wildman–Crippen MR) is 115 cm³/mol. The molecule has 2 aliphatic rings. The lowest BCUT2D eigenvalue weighted by molar-refractivity contribution is 0.155. The molecule has 2 saturated carbocycles. The first-order valence-electron chi connectivity index (χ1n) is 11.9. The molecular weight excluding hydrogens is 345 g/mol. The molecule has 0 unspecified atom stereocenters. The van der Waals surface area contributed by atoms with Gasteiger partial charge in [-0.25, -0.2) is 4.39 Å². The van der Waals surface area contributed by atoms with E-state index >= 15 is 0 Å². The molecule has 1 nitrogen and oxygen atoms in total. The number of halogens is 1. The molecule has 0 bridgehead atoms. The van der Waals surface area contributed by atoms with E-state index in [9.17, 15) is 4.39 Å². The third-order valence-corrected chi connectivity index (χ3v) is 7.63. The topological polar surface area (TPSA) is 23.8 Å². The third kappa shape index (κ3) is 5.82. The zero-order chi connectivity index (χ0) is 19.8. The fourth-order valence-electron chi connectivity index (χ4n) is 5.78. The summed E-state index contributed by atoms with van der Waals surface area (Å²) < 4.78 is 13.9. The number of benzene rings is 1. The SMILES string of the molecule is CCCCCCC[C@H]1CC[C@H]([C@H]2CC[C@H](c3ccc(C#N)c(F)c3)CC2)CC1. The maximum atomic E-state index is 13.9. The molecule has 0 radical (unpaired) electrons. The maximum absolute atomic E-state index is 13.9. The summed E-state index contributed by atoms with van der Waals surface area (Å²) in [5, 5.41) is 8.91. The second-order valence-corrected chi connectivity index (χ2v) is 9.45. The van der Waals surface area contributed by atoms with E-state index in [2.05, 4.69) is 6.92 Å². The Hall–Kier alpha value is -1.36. The lowest BCUT2D eigenvalue weighted by Gasteiger charge is -2.38. The van der Waals surface area contributed by atoms with Crippen LogP contribution in [0, 0.1) is 34.9 Å². The van der Waals surface area contributed by atoms with Crippen LogP contribution < -0.4 is 0 Å². The van der Waals surface area contributed by atoms with Crippen LogP contribution in [0.2, 0.25) is 0 Å². The third-order valence-electron chi connectivity index (χ3n) is 7.63. The standard InChI is InChI=1S/C26H38FN/c1-2-3-4-5-6-7-20-8-10-21(11-9-20)22-12-14-23(15-13-22)24-16-17-25(19-28)26(27)18-24/h16-18,20-23H,2-15H2,1H3/t20-,21-,22-,23-. The minimum absolute atomic E-state index is 0.166. The van der Waals surface area contributed by atoms with Gasteiger partial charge in [0.25, 0.3) is 0 Å². The van der Waals surface area contributed by atoms with Gasteiger partial charge >= 0.3 is 0 Å². The highest BCUT2D eigenvalue weighted by molar-refractivity contribution is 5.34. The van der Waals surface area contributed by atoms with E-state index in [1.165, 1.54) is 89.9 Å². The molecule has 3 rings (SSSR count). The lowest BCUT2D eigenvalue weighted by atomic mass is 9.68. The Kier molecular flexibility index (Phi) is 8.38. The van der Waals surface area contributed by atoms with Crippen molar-refractivity contribution in [3.8, 4) is 6.07 Å². The van der Waals surface area contributed by atoms with Crippen molar-refractivity contribution in [3.05, 3.63) is 35.1 Å². The second-order valence-electron chi connectivity index (χ2n) is 9.45. The molecule has 0 atom stereocenters. The Morgan fingerprint density at radius 3 is 2.14 bits per heavy atom. The highest BCUT2D eigenvalue weighted by Gasteiger charge is 2.31. The van der Waals surface area contributed by atoms with E-state index in [-0.39, 0.29) is 11.4 Å². The van der Waals surface area contributed by atoms with Crippen molar-refractivity contribution in [1.29, 1.82) is 5.26 Å². The van der Waals surface area contributed by atoms with Gasteiger partial charge < -0.3 is 0 Å². The van der Waals surface area contributed by atoms with Gasteiger partial charge in [-0.3, -0.25) is 0 Å². The van der Waals surface area contributed by atoms with Crippen LogP contribution in [0.5, 0.6) is 0 Å². The van der Waals surface area contributed by atoms with Crippen molar-refractivity contribution in [2.75, 3.05) is 0 Å². The van der Waals surface area contributed by atoms with Crippen LogP contribution in [0.4, 0.5) is 4.39 Å². The van der Waals surface area contributed by atoms with Gasteiger partial charge in [-0.1, -0.05) is 64.4 Å². The molecule has 2 aliphatic carbocycles. The summed E-state index contributed by atoms with van der Waals surface area (Å²) in [5.41, 5.74) is 1.27. The highest BCUT2D eigenvalue weighted by atomic mass is 19.1. The highest BCUT2D eigenvalue weighted by Crippen LogP contribution is 2.44. The fourth-order valence-corrected chi connectivity index (χ4v) is 5.78. The van der Waals surface area contributed by atoms with E-state index in [0.717, 1.165) is 23.3 Å². The van der Waals surface area contributed by atoms with Crippen molar-refractivity contribution in [2.45, 2.75) is 103 Å². The second kappa shape index (κ2) is 11.0. The van der Waals surface area contributed by atoms with E-state index in [1.807, 2.05) is 12.1 Å². The summed E-state index contributed by atoms with van der Waals surface area (Å²) in [6.45, 7) is 2.29. The summed E-state index contributed by atoms with van der Waals surface area (Å²) in [6.07, 6.45) is 19.3. The molecule has 1 aromatic carbocycles. The Morgan fingerprint density at radius 2 is 1.54 bits per heavy atom. The van der Waals surface area contributed by atoms with Crippen LogP contribution in [0.1, 0.15) is 114 Å². The van der Waals surface area contributed by atoms with Gasteiger partial charge in [-0.15, -0.1) is 0 Å². The number of hydrogen-bond acceptors (Lipinski definition) is 1. The van der Waals surface area contributed by atoms with E-state index in [4.69, 9.17) is 5.26 Å². The first-order valence-corrected chi connectivity index (χ1v) is 11.9. The molecule has 0 amide bonds. The molecule has 0 saturated heterocycles. The van der Waals surface area contributed by atoms with Crippen LogP contribution in [0.3, 0.4) is 0 Å². The molecular formula is C26H38FN. The Bertz CT molecular complexity index is 630. The molecule has 154 valence electrons. The molecule has 2 fully saturated rings. The van der Waals surface area contributed by atoms with Crippen molar-refractivity contribution in [2.24, 2.45) is 17.8 Å². The monoisotopic (exact) mass is 383 g/mol. The van der Waals surface area contributed by atoms with Crippen LogP contribution >= 0.6 is 0 Å². The number of nitrogens with zero attached hydrogens (tertiary/aromatic N) is 1. The molecule has 0 aromatic heterocycles. The first-order chi connectivity index (χ1) is 13.7. The van der Waals surface area contributed by atoms with Crippen LogP contribution in [-0.4, -0.2) is 0 Å². The van der Waals surface area contributed by atoms with Crippen molar-refractivity contribution >= 4 is 0 Å². The van der Waals surface area contributed by atoms with Crippen molar-refractivity contribution in [1.82, 2.24) is 0 Å². The molecule has 0 N–H and O–H groups in total. The summed E-state index contributed by atoms with van der Waals surface area (Å²) in [6, 6.07) is 7.16. The van der Waals surface area contributed by atoms with Crippen LogP contribution in [0.15, 0.2) is 18.2 Å². The zero-order valence-electron chi connectivity index (χ0n) is 17.8. The Morgan fingerprint density at radius 1 is 0.893 bits per heavy atom. The average molecular weight is 384 g/mol. The van der Waals surface area contributed by atoms with Gasteiger partial charge in [-0.2, -0.15) is 5.26 Å². The first kappa shape index (κ1) is 21.4. The minimum Gasteiger partial charge on any atom is -0.206 e. The Balaban J connectivity index is 1.38. The van der Waals surface area contributed by atoms with Gasteiger partial charge in [0.2, 0.25) is 0 Å². The molecule has 28 heavy (non-hydrogen) atoms. The van der Waals surface area contributed by atoms with Gasteiger partial charge in [0.15, 0.2) is 0 Å². The molecule has 2 heteroatoms. The average Bonchev–Trinajstić information content (AvgIpc) is 2.74. The number of rotatable bonds is 8. The van der Waals surface area contributed by atoms with Crippen LogP contribution in [-0.2, 0) is 0 Å². The smallest absolute Gasteiger partial charge is 0.141 e. The van der Waals surface area contributed by atoms with Crippen LogP contribution in [0.25, 0.3) is 0 Å². The number of nitriles is 1. The summed E-state index contributed by atoms with van der Waals surface area (Å²) in [7, 11) is 0. The Labute approximate surface area is 171 Å². The van der Waals surface area contributed by atoms with Gasteiger partial charge in [0.05, 0.1) is 5.56 Å². The number of hydrogen-bond donors (Lipinski definition) is 0. The molecule has 0 aliphatic heterocycles. The van der Waals surface area contributed by atoms with Gasteiger partial charge in [0.1, 0.15) is 11.9 Å². The summed E-state index contributed by atoms with van der Waals surface area (Å²) >= 11 is 0. The zero-order valence-corrected chi connectivity index (χ0v) is 17.8. The molecule has 0 spiro atoms. The van der Waals surface area contributed by atoms with Gasteiger partial charge in [0, 0.05) is 0 Å². The minimum atomic E-state index is -0.352. The van der Waals surface area contributed by atoms with Crippen molar-refractivity contribution in [3.63, 3.8) is 0 Å². The maximum Gasteiger partial charge on any atom is 0.141 e. The molecule has 1 aromatic rings. The normalized spacial score (nSPS) is 28.0. The summed E-state index contributed by atoms with van der Waals surface area (Å²) in [5.74, 6) is 2.96. The molecule has 0 heterocycles. The summed E-state index contributed by atoms with van der Waals surface area (Å²) in [4.78, 5) is 0. The van der Waals surface area contributed by atoms with E-state index < -0.39 is 0 Å². The van der Waals surface area contributed by atoms with Gasteiger partial charge in [-0.05, 0) is 79.9 Å². The number of unbranched alkanes of at least 4 members (excludes halogenated alkanes) is 4. The lowest BCUT2D eigenvalue weighted by Crippen LogP contribution is -2.25. The quantitative estimate of drug-likeness (QED) is 0.416. The fraction of sp³-hybridized carbons (Fsp3) is 0.731. The largest absolute Gasteiger partial charge is 0.206 e.